The van der Waals surface area contributed by atoms with Crippen molar-refractivity contribution < 1.29 is 36.7 Å². The number of hydrogen-bond acceptors (Lipinski definition) is 8. The zero-order valence-corrected chi connectivity index (χ0v) is 49.4. The van der Waals surface area contributed by atoms with E-state index in [9.17, 15) is 4.79 Å². The number of esters is 1. The number of benzene rings is 1. The summed E-state index contributed by atoms with van der Waals surface area (Å²) in [5, 5.41) is -0.113. The maximum absolute atomic E-state index is 13.1. The predicted octanol–water partition coefficient (Wildman–Crippen LogP) is 15.1. The first-order chi connectivity index (χ1) is 29.4. The Kier molecular flexibility index (Phi) is 21.4. The molecule has 13 heteroatoms. The van der Waals surface area contributed by atoms with Crippen LogP contribution in [0.3, 0.4) is 0 Å². The number of rotatable bonds is 23. The monoisotopic (exact) mass is 1020 g/mol. The van der Waals surface area contributed by atoms with Gasteiger partial charge in [-0.05, 0) is 128 Å². The van der Waals surface area contributed by atoms with Crippen molar-refractivity contribution in [2.75, 3.05) is 6.61 Å². The average molecular weight is 1030 g/mol. The van der Waals surface area contributed by atoms with Gasteiger partial charge in [0.25, 0.3) is 0 Å². The van der Waals surface area contributed by atoms with E-state index < -0.39 is 45.5 Å². The second-order valence-electron chi connectivity index (χ2n) is 23.3. The third kappa shape index (κ3) is 15.9. The molecule has 0 N–H and O–H groups in total. The molecule has 2 heterocycles. The number of halogens is 1. The van der Waals surface area contributed by atoms with Gasteiger partial charge in [0.05, 0.1) is 23.9 Å². The molecule has 8 atom stereocenters. The van der Waals surface area contributed by atoms with E-state index in [1.54, 1.807) is 12.1 Å². The molecule has 6 unspecified atom stereocenters. The summed E-state index contributed by atoms with van der Waals surface area (Å²) in [5.74, 6) is -0.313. The molecule has 0 radical (unpaired) electrons. The number of allylic oxidation sites excluding steroid dienone is 1. The summed E-state index contributed by atoms with van der Waals surface area (Å²) in [6.45, 7) is 46.5. The summed E-state index contributed by atoms with van der Waals surface area (Å²) < 4.78 is 51.2. The minimum Gasteiger partial charge on any atom is -0.458 e. The first-order valence-corrected chi connectivity index (χ1v) is 36.7. The molecule has 3 rings (SSSR count). The van der Waals surface area contributed by atoms with Crippen molar-refractivity contribution in [3.63, 3.8) is 0 Å². The lowest BCUT2D eigenvalue weighted by Crippen LogP contribution is -2.69. The summed E-state index contributed by atoms with van der Waals surface area (Å²) in [7, 11) is -8.85. The molecular weight excluding hydrogens is 933 g/mol. The Balaban J connectivity index is 2.07. The number of hydrogen-bond donors (Lipinski definition) is 0. The first-order valence-electron chi connectivity index (χ1n) is 24.7. The van der Waals surface area contributed by atoms with Crippen LogP contribution < -0.4 is 0 Å². The predicted molar refractivity (Wildman–Crippen MR) is 282 cm³/mol. The van der Waals surface area contributed by atoms with Gasteiger partial charge in [-0.2, -0.15) is 0 Å². The standard InChI is InChI=1S/C51H93BrO8Si4/c1-20-64(21-2,22-3)54-36-35-40-33-34-42-44(55-40)46(59-62(16,17)50(8,9)10)47(60-63(18,19)51(11,12)13)45(57-42)43(58-61(14,15)49(5,6)7)32-28-24-27-31-41(37-38(4)52)56-48(53)39-29-25-23-26-30-39/h23,25-26,28-30,32,40-47H,4,20-22,24,27,31,33-37H2,1-3,5-19H3/b32-28+/t40?,41?,42?,43?,44-,45-,46?,47?/m0/s1. The van der Waals surface area contributed by atoms with Crippen LogP contribution in [0, 0.1) is 0 Å². The maximum atomic E-state index is 13.1. The number of ether oxygens (including phenoxy) is 3. The Morgan fingerprint density at radius 2 is 1.36 bits per heavy atom. The van der Waals surface area contributed by atoms with E-state index >= 15 is 0 Å². The van der Waals surface area contributed by atoms with Crippen molar-refractivity contribution in [3.05, 3.63) is 59.1 Å². The molecule has 368 valence electrons. The molecule has 1 aromatic carbocycles. The fourth-order valence-electron chi connectivity index (χ4n) is 7.89. The molecular formula is C51H93BrO8Si4. The molecule has 2 aliphatic heterocycles. The highest BCUT2D eigenvalue weighted by atomic mass is 79.9. The van der Waals surface area contributed by atoms with Crippen LogP contribution in [-0.4, -0.2) is 94.7 Å². The second kappa shape index (κ2) is 23.7. The molecule has 64 heavy (non-hydrogen) atoms. The van der Waals surface area contributed by atoms with Gasteiger partial charge >= 0.3 is 5.97 Å². The largest absolute Gasteiger partial charge is 0.458 e. The Morgan fingerprint density at radius 1 is 0.812 bits per heavy atom. The smallest absolute Gasteiger partial charge is 0.338 e. The Bertz CT molecular complexity index is 1620. The van der Waals surface area contributed by atoms with E-state index in [4.69, 9.17) is 31.9 Å². The van der Waals surface area contributed by atoms with Gasteiger partial charge in [-0.1, -0.05) is 136 Å². The SMILES string of the molecule is C=C(Br)CC(CCC/C=C/C(O[Si](C)(C)C(C)(C)C)[C@@H]1OC2CCC(CCO[Si](CC)(CC)CC)O[C@@H]2C(O[Si](C)(C)C(C)(C)C)C1O[Si](C)(C)C(C)(C)C)OC(=O)c1ccccc1. The van der Waals surface area contributed by atoms with E-state index in [1.165, 1.54) is 0 Å². The maximum Gasteiger partial charge on any atom is 0.338 e. The Labute approximate surface area is 404 Å². The van der Waals surface area contributed by atoms with E-state index in [0.29, 0.717) is 18.4 Å². The molecule has 0 bridgehead atoms. The molecule has 0 aromatic heterocycles. The molecule has 2 saturated heterocycles. The molecule has 1 aromatic rings. The van der Waals surface area contributed by atoms with Gasteiger partial charge in [-0.25, -0.2) is 4.79 Å². The summed E-state index contributed by atoms with van der Waals surface area (Å²) in [4.78, 5) is 13.1. The zero-order chi connectivity index (χ0) is 48.5. The molecule has 8 nitrogen and oxygen atoms in total. The average Bonchev–Trinajstić information content (AvgIpc) is 3.18. The van der Waals surface area contributed by atoms with Crippen LogP contribution in [-0.2, 0) is 31.9 Å². The summed E-state index contributed by atoms with van der Waals surface area (Å²) in [6.07, 6.45) is 7.81. The highest BCUT2D eigenvalue weighted by Gasteiger charge is 2.57. The van der Waals surface area contributed by atoms with Gasteiger partial charge in [0.15, 0.2) is 33.3 Å². The van der Waals surface area contributed by atoms with E-state index in [1.807, 2.05) is 18.2 Å². The van der Waals surface area contributed by atoms with Gasteiger partial charge in [-0.3, -0.25) is 0 Å². The van der Waals surface area contributed by atoms with Crippen molar-refractivity contribution in [2.45, 2.75) is 249 Å². The number of fused-ring (bicyclic) bond motifs is 1. The van der Waals surface area contributed by atoms with Crippen LogP contribution >= 0.6 is 15.9 Å². The van der Waals surface area contributed by atoms with Crippen molar-refractivity contribution in [3.8, 4) is 0 Å². The highest BCUT2D eigenvalue weighted by Crippen LogP contribution is 2.47. The second-order valence-corrected chi connectivity index (χ2v) is 43.5. The molecule has 0 spiro atoms. The van der Waals surface area contributed by atoms with Crippen molar-refractivity contribution in [1.82, 2.24) is 0 Å². The van der Waals surface area contributed by atoms with Gasteiger partial charge in [0, 0.05) is 13.0 Å². The summed E-state index contributed by atoms with van der Waals surface area (Å²) >= 11 is 3.52. The minimum atomic E-state index is -2.41. The Morgan fingerprint density at radius 3 is 1.88 bits per heavy atom. The lowest BCUT2D eigenvalue weighted by molar-refractivity contribution is -0.267. The van der Waals surface area contributed by atoms with Gasteiger partial charge in [-0.15, -0.1) is 0 Å². The van der Waals surface area contributed by atoms with Crippen molar-refractivity contribution in [2.24, 2.45) is 0 Å². The van der Waals surface area contributed by atoms with Gasteiger partial charge < -0.3 is 31.9 Å². The summed E-state index contributed by atoms with van der Waals surface area (Å²) in [5.41, 5.74) is 0.551. The topological polar surface area (TPSA) is 81.7 Å². The van der Waals surface area contributed by atoms with E-state index in [0.717, 1.165) is 61.3 Å². The van der Waals surface area contributed by atoms with Crippen LogP contribution in [0.25, 0.3) is 0 Å². The van der Waals surface area contributed by atoms with Crippen LogP contribution in [0.15, 0.2) is 53.5 Å². The summed E-state index contributed by atoms with van der Waals surface area (Å²) in [6, 6.07) is 12.6. The molecule has 2 aliphatic rings. The van der Waals surface area contributed by atoms with E-state index in [-0.39, 0.29) is 57.7 Å². The third-order valence-corrected chi connectivity index (χ3v) is 34.0. The number of carbonyl (C=O) groups excluding carboxylic acids is 1. The van der Waals surface area contributed by atoms with E-state index in [2.05, 4.69) is 157 Å². The lowest BCUT2D eigenvalue weighted by Gasteiger charge is -2.56. The third-order valence-electron chi connectivity index (χ3n) is 15.6. The molecule has 0 saturated carbocycles. The van der Waals surface area contributed by atoms with Crippen LogP contribution in [0.1, 0.15) is 138 Å². The minimum absolute atomic E-state index is 0.0282. The molecule has 0 amide bonds. The molecule has 2 fully saturated rings. The quantitative estimate of drug-likeness (QED) is 0.0464. The fraction of sp³-hybridized carbons (Fsp3) is 0.784. The van der Waals surface area contributed by atoms with Gasteiger partial charge in [0.1, 0.15) is 30.5 Å². The van der Waals surface area contributed by atoms with Crippen molar-refractivity contribution in [1.29, 1.82) is 0 Å². The number of carbonyl (C=O) groups is 1. The fourth-order valence-corrected chi connectivity index (χ4v) is 14.8. The highest BCUT2D eigenvalue weighted by molar-refractivity contribution is 9.11. The van der Waals surface area contributed by atoms with Crippen molar-refractivity contribution >= 4 is 55.2 Å². The van der Waals surface area contributed by atoms with Crippen LogP contribution in [0.5, 0.6) is 0 Å². The normalized spacial score (nSPS) is 24.0. The van der Waals surface area contributed by atoms with Crippen LogP contribution in [0.4, 0.5) is 0 Å². The first kappa shape index (κ1) is 57.6. The van der Waals surface area contributed by atoms with Crippen LogP contribution in [0.2, 0.25) is 72.5 Å². The Hall–Kier alpha value is -0.722. The molecule has 0 aliphatic carbocycles. The number of unbranched alkanes of at least 4 members (excludes halogenated alkanes) is 1. The zero-order valence-electron chi connectivity index (χ0n) is 43.8. The van der Waals surface area contributed by atoms with Gasteiger partial charge in [0.2, 0.25) is 0 Å². The lowest BCUT2D eigenvalue weighted by atomic mass is 9.87.